The SMILES string of the molecule is CC(C)(c1ccc(OC[C@H](O)CO)cc1)c1ccc(OC[C@@H](O)CCl)cc1. The van der Waals surface area contributed by atoms with Gasteiger partial charge in [-0.1, -0.05) is 38.1 Å². The molecule has 148 valence electrons. The summed E-state index contributed by atoms with van der Waals surface area (Å²) in [5.74, 6) is 1.47. The first kappa shape index (κ1) is 21.5. The summed E-state index contributed by atoms with van der Waals surface area (Å²) in [6.07, 6.45) is -1.56. The number of rotatable bonds is 10. The molecule has 0 aliphatic carbocycles. The van der Waals surface area contributed by atoms with Crippen molar-refractivity contribution < 1.29 is 24.8 Å². The van der Waals surface area contributed by atoms with E-state index in [0.717, 1.165) is 11.1 Å². The lowest BCUT2D eigenvalue weighted by Crippen LogP contribution is -2.21. The van der Waals surface area contributed by atoms with E-state index in [1.807, 2.05) is 48.5 Å². The van der Waals surface area contributed by atoms with E-state index in [1.54, 1.807) is 0 Å². The second-order valence-electron chi connectivity index (χ2n) is 6.94. The zero-order valence-electron chi connectivity index (χ0n) is 15.6. The van der Waals surface area contributed by atoms with Gasteiger partial charge in [-0.25, -0.2) is 0 Å². The van der Waals surface area contributed by atoms with Gasteiger partial charge in [-0.05, 0) is 35.4 Å². The lowest BCUT2D eigenvalue weighted by Gasteiger charge is -2.26. The first-order valence-corrected chi connectivity index (χ1v) is 9.40. The highest BCUT2D eigenvalue weighted by atomic mass is 35.5. The van der Waals surface area contributed by atoms with Crippen LogP contribution in [0.3, 0.4) is 0 Å². The molecule has 2 aromatic carbocycles. The van der Waals surface area contributed by atoms with Gasteiger partial charge < -0.3 is 24.8 Å². The maximum absolute atomic E-state index is 9.46. The third-order valence-corrected chi connectivity index (χ3v) is 4.78. The van der Waals surface area contributed by atoms with Crippen molar-refractivity contribution in [1.82, 2.24) is 0 Å². The Labute approximate surface area is 165 Å². The Morgan fingerprint density at radius 2 is 1.22 bits per heavy atom. The molecule has 0 aliphatic rings. The van der Waals surface area contributed by atoms with Gasteiger partial charge in [-0.3, -0.25) is 0 Å². The predicted octanol–water partition coefficient (Wildman–Crippen LogP) is 2.72. The van der Waals surface area contributed by atoms with Crippen molar-refractivity contribution in [3.8, 4) is 11.5 Å². The largest absolute Gasteiger partial charge is 0.491 e. The van der Waals surface area contributed by atoms with Crippen molar-refractivity contribution in [2.24, 2.45) is 0 Å². The van der Waals surface area contributed by atoms with E-state index in [1.165, 1.54) is 0 Å². The van der Waals surface area contributed by atoms with Crippen molar-refractivity contribution in [2.75, 3.05) is 25.7 Å². The van der Waals surface area contributed by atoms with Gasteiger partial charge in [0, 0.05) is 5.41 Å². The van der Waals surface area contributed by atoms with Gasteiger partial charge in [0.05, 0.1) is 12.5 Å². The van der Waals surface area contributed by atoms with Crippen LogP contribution < -0.4 is 9.47 Å². The molecule has 0 aromatic heterocycles. The molecule has 0 heterocycles. The average molecular weight is 395 g/mol. The maximum atomic E-state index is 9.46. The lowest BCUT2D eigenvalue weighted by molar-refractivity contribution is 0.0536. The summed E-state index contributed by atoms with van der Waals surface area (Å²) < 4.78 is 11.0. The van der Waals surface area contributed by atoms with E-state index in [9.17, 15) is 10.2 Å². The van der Waals surface area contributed by atoms with Crippen LogP contribution in [-0.4, -0.2) is 53.2 Å². The van der Waals surface area contributed by atoms with Gasteiger partial charge in [0.25, 0.3) is 0 Å². The standard InChI is InChI=1S/C21H27ClO5/c1-21(2,15-3-7-19(8-4-15)26-13-17(24)11-22)16-5-9-20(10-6-16)27-14-18(25)12-23/h3-10,17-18,23-25H,11-14H2,1-2H3/t17-,18+/m0/s1. The first-order chi connectivity index (χ1) is 12.9. The van der Waals surface area contributed by atoms with Crippen molar-refractivity contribution in [1.29, 1.82) is 0 Å². The number of ether oxygens (including phenoxy) is 2. The van der Waals surface area contributed by atoms with Crippen LogP contribution in [0, 0.1) is 0 Å². The molecule has 2 rings (SSSR count). The third-order valence-electron chi connectivity index (χ3n) is 4.43. The summed E-state index contributed by atoms with van der Waals surface area (Å²) >= 11 is 5.56. The number of alkyl halides is 1. The number of benzene rings is 2. The number of hydrogen-bond acceptors (Lipinski definition) is 5. The Morgan fingerprint density at radius 3 is 1.59 bits per heavy atom. The normalized spacial score (nSPS) is 13.9. The van der Waals surface area contributed by atoms with Crippen molar-refractivity contribution in [3.05, 3.63) is 59.7 Å². The number of hydrogen-bond donors (Lipinski definition) is 3. The van der Waals surface area contributed by atoms with Crippen LogP contribution >= 0.6 is 11.6 Å². The zero-order chi connectivity index (χ0) is 19.9. The third kappa shape index (κ3) is 6.11. The highest BCUT2D eigenvalue weighted by Crippen LogP contribution is 2.33. The minimum atomic E-state index is -0.882. The summed E-state index contributed by atoms with van der Waals surface area (Å²) in [4.78, 5) is 0. The lowest BCUT2D eigenvalue weighted by atomic mass is 9.78. The smallest absolute Gasteiger partial charge is 0.119 e. The number of halogens is 1. The molecule has 0 unspecified atom stereocenters. The summed E-state index contributed by atoms with van der Waals surface area (Å²) in [6, 6.07) is 15.5. The Bertz CT molecular complexity index is 625. The Hall–Kier alpha value is -1.79. The minimum absolute atomic E-state index is 0.0547. The van der Waals surface area contributed by atoms with Crippen molar-refractivity contribution in [3.63, 3.8) is 0 Å². The molecule has 27 heavy (non-hydrogen) atoms. The summed E-state index contributed by atoms with van der Waals surface area (Å²) in [6.45, 7) is 4.16. The molecule has 0 radical (unpaired) electrons. The molecular formula is C21H27ClO5. The maximum Gasteiger partial charge on any atom is 0.119 e. The van der Waals surface area contributed by atoms with E-state index >= 15 is 0 Å². The fraction of sp³-hybridized carbons (Fsp3) is 0.429. The molecule has 0 amide bonds. The van der Waals surface area contributed by atoms with Gasteiger partial charge in [-0.15, -0.1) is 11.6 Å². The second-order valence-corrected chi connectivity index (χ2v) is 7.25. The van der Waals surface area contributed by atoms with Gasteiger partial charge in [0.1, 0.15) is 36.9 Å². The fourth-order valence-electron chi connectivity index (χ4n) is 2.58. The highest BCUT2D eigenvalue weighted by molar-refractivity contribution is 6.18. The van der Waals surface area contributed by atoms with Gasteiger partial charge in [0.2, 0.25) is 0 Å². The Balaban J connectivity index is 2.04. The minimum Gasteiger partial charge on any atom is -0.491 e. The quantitative estimate of drug-likeness (QED) is 0.540. The van der Waals surface area contributed by atoms with Crippen molar-refractivity contribution in [2.45, 2.75) is 31.5 Å². The molecule has 6 heteroatoms. The Kier molecular flexibility index (Phi) is 7.92. The zero-order valence-corrected chi connectivity index (χ0v) is 16.4. The van der Waals surface area contributed by atoms with Crippen LogP contribution in [0.5, 0.6) is 11.5 Å². The van der Waals surface area contributed by atoms with Crippen LogP contribution in [-0.2, 0) is 5.41 Å². The summed E-state index contributed by atoms with van der Waals surface area (Å²) in [7, 11) is 0. The molecule has 2 atom stereocenters. The molecule has 0 bridgehead atoms. The number of aliphatic hydroxyl groups excluding tert-OH is 3. The van der Waals surface area contributed by atoms with Crippen LogP contribution in [0.4, 0.5) is 0 Å². The molecule has 0 spiro atoms. The topological polar surface area (TPSA) is 79.2 Å². The van der Waals surface area contributed by atoms with Crippen LogP contribution in [0.25, 0.3) is 0 Å². The van der Waals surface area contributed by atoms with Gasteiger partial charge >= 0.3 is 0 Å². The van der Waals surface area contributed by atoms with E-state index in [0.29, 0.717) is 11.5 Å². The number of aliphatic hydroxyl groups is 3. The van der Waals surface area contributed by atoms with Crippen molar-refractivity contribution >= 4 is 11.6 Å². The fourth-order valence-corrected chi connectivity index (χ4v) is 2.67. The van der Waals surface area contributed by atoms with Gasteiger partial charge in [0.15, 0.2) is 0 Å². The molecule has 0 fully saturated rings. The molecule has 0 saturated carbocycles. The Morgan fingerprint density at radius 1 is 0.815 bits per heavy atom. The highest BCUT2D eigenvalue weighted by Gasteiger charge is 2.23. The average Bonchev–Trinajstić information content (AvgIpc) is 2.70. The van der Waals surface area contributed by atoms with Gasteiger partial charge in [-0.2, -0.15) is 0 Å². The summed E-state index contributed by atoms with van der Waals surface area (Å²) in [5.41, 5.74) is 2.01. The molecule has 3 N–H and O–H groups in total. The van der Waals surface area contributed by atoms with E-state index in [2.05, 4.69) is 13.8 Å². The molecule has 2 aromatic rings. The first-order valence-electron chi connectivity index (χ1n) is 8.86. The van der Waals surface area contributed by atoms with Crippen LogP contribution in [0.1, 0.15) is 25.0 Å². The molecule has 0 saturated heterocycles. The second kappa shape index (κ2) is 9.95. The van der Waals surface area contributed by atoms with E-state index in [-0.39, 0.29) is 31.1 Å². The predicted molar refractivity (Wildman–Crippen MR) is 106 cm³/mol. The monoisotopic (exact) mass is 394 g/mol. The van der Waals surface area contributed by atoms with E-state index in [4.69, 9.17) is 26.2 Å². The van der Waals surface area contributed by atoms with E-state index < -0.39 is 12.2 Å². The molecule has 0 aliphatic heterocycles. The summed E-state index contributed by atoms with van der Waals surface area (Å²) in [5, 5.41) is 27.6. The molecule has 5 nitrogen and oxygen atoms in total. The molecular weight excluding hydrogens is 368 g/mol. The van der Waals surface area contributed by atoms with Crippen LogP contribution in [0.15, 0.2) is 48.5 Å². The van der Waals surface area contributed by atoms with Crippen LogP contribution in [0.2, 0.25) is 0 Å².